The predicted molar refractivity (Wildman–Crippen MR) is 67.5 cm³/mol. The molecule has 1 rings (SSSR count). The van der Waals surface area contributed by atoms with Gasteiger partial charge in [0.25, 0.3) is 0 Å². The third-order valence-electron chi connectivity index (χ3n) is 2.88. The van der Waals surface area contributed by atoms with Crippen LogP contribution in [0, 0.1) is 0 Å². The molecule has 0 fully saturated rings. The zero-order valence-electron chi connectivity index (χ0n) is 10.7. The lowest BCUT2D eigenvalue weighted by Crippen LogP contribution is -2.25. The Morgan fingerprint density at radius 1 is 1.38 bits per heavy atom. The molecule has 1 aromatic carbocycles. The summed E-state index contributed by atoms with van der Waals surface area (Å²) >= 11 is 0. The van der Waals surface area contributed by atoms with Gasteiger partial charge >= 0.3 is 0 Å². The lowest BCUT2D eigenvalue weighted by molar-refractivity contribution is 0.265. The molecule has 3 heteroatoms. The fourth-order valence-corrected chi connectivity index (χ4v) is 1.53. The Hall–Kier alpha value is -1.06. The van der Waals surface area contributed by atoms with Crippen LogP contribution in [-0.4, -0.2) is 25.1 Å². The Balaban J connectivity index is 2.82. The second-order valence-corrected chi connectivity index (χ2v) is 4.36. The smallest absolute Gasteiger partial charge is 0.123 e. The largest absolute Gasteiger partial charge is 0.496 e. The second-order valence-electron chi connectivity index (χ2n) is 4.36. The van der Waals surface area contributed by atoms with E-state index < -0.39 is 0 Å². The molecule has 0 amide bonds. The van der Waals surface area contributed by atoms with Crippen molar-refractivity contribution in [3.8, 4) is 5.75 Å². The zero-order valence-corrected chi connectivity index (χ0v) is 10.7. The van der Waals surface area contributed by atoms with Crippen molar-refractivity contribution in [1.29, 1.82) is 0 Å². The van der Waals surface area contributed by atoms with Crippen LogP contribution >= 0.6 is 0 Å². The topological polar surface area (TPSA) is 38.5 Å². The van der Waals surface area contributed by atoms with Crippen molar-refractivity contribution in [2.45, 2.75) is 33.0 Å². The zero-order chi connectivity index (χ0) is 12.1. The van der Waals surface area contributed by atoms with Gasteiger partial charge in [-0.1, -0.05) is 12.1 Å². The molecule has 0 aliphatic carbocycles. The first-order valence-corrected chi connectivity index (χ1v) is 5.64. The summed E-state index contributed by atoms with van der Waals surface area (Å²) in [5, 5.41) is 0. The van der Waals surface area contributed by atoms with Crippen molar-refractivity contribution >= 4 is 0 Å². The summed E-state index contributed by atoms with van der Waals surface area (Å²) in [7, 11) is 3.80. The molecule has 0 unspecified atom stereocenters. The average molecular weight is 222 g/mol. The molecule has 2 N–H and O–H groups in total. The lowest BCUT2D eigenvalue weighted by Gasteiger charge is -2.21. The van der Waals surface area contributed by atoms with E-state index in [2.05, 4.69) is 37.9 Å². The molecule has 0 saturated carbocycles. The molecule has 0 heterocycles. The van der Waals surface area contributed by atoms with Crippen molar-refractivity contribution in [1.82, 2.24) is 4.90 Å². The van der Waals surface area contributed by atoms with Crippen LogP contribution in [0.4, 0.5) is 0 Å². The van der Waals surface area contributed by atoms with E-state index in [1.807, 2.05) is 6.07 Å². The first kappa shape index (κ1) is 13.0. The highest BCUT2D eigenvalue weighted by molar-refractivity contribution is 5.37. The molecular formula is C13H22N2O. The third-order valence-corrected chi connectivity index (χ3v) is 2.88. The van der Waals surface area contributed by atoms with Gasteiger partial charge in [-0.3, -0.25) is 4.90 Å². The van der Waals surface area contributed by atoms with E-state index in [1.165, 1.54) is 5.56 Å². The predicted octanol–water partition coefficient (Wildman–Crippen LogP) is 1.99. The summed E-state index contributed by atoms with van der Waals surface area (Å²) in [5.74, 6) is 0.886. The second kappa shape index (κ2) is 5.87. The van der Waals surface area contributed by atoms with Gasteiger partial charge in [0, 0.05) is 24.7 Å². The average Bonchev–Trinajstić information content (AvgIpc) is 2.28. The van der Waals surface area contributed by atoms with E-state index in [0.717, 1.165) is 17.9 Å². The Morgan fingerprint density at radius 3 is 2.56 bits per heavy atom. The summed E-state index contributed by atoms with van der Waals surface area (Å²) in [5.41, 5.74) is 7.94. The van der Waals surface area contributed by atoms with Gasteiger partial charge in [-0.25, -0.2) is 0 Å². The van der Waals surface area contributed by atoms with Crippen molar-refractivity contribution in [2.24, 2.45) is 5.73 Å². The number of hydrogen-bond acceptors (Lipinski definition) is 3. The molecule has 0 aromatic heterocycles. The molecule has 16 heavy (non-hydrogen) atoms. The number of hydrogen-bond donors (Lipinski definition) is 1. The number of ether oxygens (including phenoxy) is 1. The maximum Gasteiger partial charge on any atom is 0.123 e. The van der Waals surface area contributed by atoms with E-state index in [-0.39, 0.29) is 0 Å². The van der Waals surface area contributed by atoms with E-state index in [0.29, 0.717) is 12.6 Å². The van der Waals surface area contributed by atoms with Crippen molar-refractivity contribution in [2.75, 3.05) is 14.2 Å². The molecule has 0 atom stereocenters. The van der Waals surface area contributed by atoms with E-state index in [1.54, 1.807) is 7.11 Å². The van der Waals surface area contributed by atoms with Gasteiger partial charge in [-0.05, 0) is 32.5 Å². The molecular weight excluding hydrogens is 200 g/mol. The Morgan fingerprint density at radius 2 is 2.06 bits per heavy atom. The van der Waals surface area contributed by atoms with Crippen LogP contribution in [0.5, 0.6) is 5.75 Å². The number of nitrogens with zero attached hydrogens (tertiary/aromatic N) is 1. The van der Waals surface area contributed by atoms with Gasteiger partial charge in [-0.2, -0.15) is 0 Å². The maximum atomic E-state index is 5.64. The van der Waals surface area contributed by atoms with Crippen molar-refractivity contribution in [3.05, 3.63) is 29.3 Å². The summed E-state index contributed by atoms with van der Waals surface area (Å²) in [4.78, 5) is 2.29. The Labute approximate surface area is 98.2 Å². The van der Waals surface area contributed by atoms with Crippen LogP contribution in [0.2, 0.25) is 0 Å². The molecule has 0 saturated heterocycles. The Bertz CT molecular complexity index is 337. The molecule has 0 aliphatic heterocycles. The molecule has 0 bridgehead atoms. The summed E-state index contributed by atoms with van der Waals surface area (Å²) in [6.07, 6.45) is 0. The number of nitrogens with two attached hydrogens (primary N) is 1. The van der Waals surface area contributed by atoms with Crippen molar-refractivity contribution in [3.63, 3.8) is 0 Å². The van der Waals surface area contributed by atoms with Gasteiger partial charge in [0.2, 0.25) is 0 Å². The summed E-state index contributed by atoms with van der Waals surface area (Å²) < 4.78 is 5.32. The van der Waals surface area contributed by atoms with Crippen LogP contribution in [-0.2, 0) is 13.1 Å². The molecule has 90 valence electrons. The van der Waals surface area contributed by atoms with Crippen LogP contribution in [0.3, 0.4) is 0 Å². The molecule has 3 nitrogen and oxygen atoms in total. The van der Waals surface area contributed by atoms with Crippen LogP contribution in [0.25, 0.3) is 0 Å². The first-order chi connectivity index (χ1) is 7.58. The third kappa shape index (κ3) is 3.22. The number of methoxy groups -OCH3 is 1. The monoisotopic (exact) mass is 222 g/mol. The first-order valence-electron chi connectivity index (χ1n) is 5.64. The van der Waals surface area contributed by atoms with Gasteiger partial charge in [0.1, 0.15) is 5.75 Å². The van der Waals surface area contributed by atoms with Gasteiger partial charge in [0.15, 0.2) is 0 Å². The van der Waals surface area contributed by atoms with E-state index in [4.69, 9.17) is 10.5 Å². The molecule has 0 spiro atoms. The normalized spacial score (nSPS) is 11.2. The SMILES string of the molecule is COc1cc(CN(C)C(C)C)ccc1CN. The molecule has 0 radical (unpaired) electrons. The summed E-state index contributed by atoms with van der Waals surface area (Å²) in [6.45, 7) is 5.82. The number of benzene rings is 1. The van der Waals surface area contributed by atoms with Crippen LogP contribution < -0.4 is 10.5 Å². The minimum atomic E-state index is 0.517. The van der Waals surface area contributed by atoms with Gasteiger partial charge in [0.05, 0.1) is 7.11 Å². The lowest BCUT2D eigenvalue weighted by atomic mass is 10.1. The maximum absolute atomic E-state index is 5.64. The standard InChI is InChI=1S/C13H22N2O/c1-10(2)15(3)9-11-5-6-12(8-14)13(7-11)16-4/h5-7,10H,8-9,14H2,1-4H3. The Kier molecular flexibility index (Phi) is 4.77. The molecule has 0 aliphatic rings. The number of rotatable bonds is 5. The van der Waals surface area contributed by atoms with Crippen LogP contribution in [0.1, 0.15) is 25.0 Å². The van der Waals surface area contributed by atoms with Gasteiger partial charge in [-0.15, -0.1) is 0 Å². The van der Waals surface area contributed by atoms with Crippen molar-refractivity contribution < 1.29 is 4.74 Å². The molecule has 1 aromatic rings. The highest BCUT2D eigenvalue weighted by Gasteiger charge is 2.07. The fraction of sp³-hybridized carbons (Fsp3) is 0.538. The highest BCUT2D eigenvalue weighted by Crippen LogP contribution is 2.20. The van der Waals surface area contributed by atoms with Crippen LogP contribution in [0.15, 0.2) is 18.2 Å². The van der Waals surface area contributed by atoms with E-state index in [9.17, 15) is 0 Å². The minimum absolute atomic E-state index is 0.517. The van der Waals surface area contributed by atoms with E-state index >= 15 is 0 Å². The quantitative estimate of drug-likeness (QED) is 0.828. The minimum Gasteiger partial charge on any atom is -0.496 e. The fourth-order valence-electron chi connectivity index (χ4n) is 1.53. The highest BCUT2D eigenvalue weighted by atomic mass is 16.5. The van der Waals surface area contributed by atoms with Gasteiger partial charge < -0.3 is 10.5 Å². The summed E-state index contributed by atoms with van der Waals surface area (Å²) in [6, 6.07) is 6.77.